The Bertz CT molecular complexity index is 2120. The first kappa shape index (κ1) is 86.8. The van der Waals surface area contributed by atoms with E-state index < -0.39 is 40.3 Å². The highest BCUT2D eigenvalue weighted by atomic mass is 32.2. The van der Waals surface area contributed by atoms with Crippen molar-refractivity contribution in [1.82, 2.24) is 0 Å². The zero-order valence-electron chi connectivity index (χ0n) is 74.5. The van der Waals surface area contributed by atoms with Crippen LogP contribution in [0.25, 0.3) is 0 Å². The number of hydrogen-bond donors (Lipinski definition) is 0. The van der Waals surface area contributed by atoms with E-state index in [0.29, 0.717) is 45.9 Å². The van der Waals surface area contributed by atoms with Crippen LogP contribution in [0.4, 0.5) is 0 Å². The van der Waals surface area contributed by atoms with Gasteiger partial charge in [-0.3, -0.25) is 4.21 Å². The molecule has 3 aliphatic carbocycles. The maximum Gasteiger partial charge on any atom is 0.147 e. The van der Waals surface area contributed by atoms with Crippen LogP contribution in [0.5, 0.6) is 0 Å². The minimum Gasteiger partial charge on any atom is -0.381 e. The zero-order valence-corrected chi connectivity index (χ0v) is 71.0. The van der Waals surface area contributed by atoms with Crippen molar-refractivity contribution in [2.45, 2.75) is 325 Å². The van der Waals surface area contributed by atoms with E-state index in [2.05, 4.69) is 145 Å². The van der Waals surface area contributed by atoms with Gasteiger partial charge in [0, 0.05) is 103 Å². The van der Waals surface area contributed by atoms with Gasteiger partial charge >= 0.3 is 0 Å². The largest absolute Gasteiger partial charge is 0.381 e. The molecule has 0 aromatic rings. The molecule has 8 rings (SSSR count). The van der Waals surface area contributed by atoms with E-state index in [-0.39, 0.29) is 11.5 Å². The van der Waals surface area contributed by atoms with Gasteiger partial charge in [0.1, 0.15) is 9.84 Å². The molecule has 5 saturated heterocycles. The lowest BCUT2D eigenvalue weighted by molar-refractivity contribution is -0.0948. The SMILES string of the molecule is CC(C)(C)CCS(C)(=O)=O.CC(C)C1CCOC1.CC(C)C1CCOCC1.CC(C)CC1CC2(CCCO2)C1.CC(C)CC1CCOC1.CC(C)CC1CCOCC1.CS(=O)CCC(C)(C)C.CSCCC(C)(C)C.[2H]C([2H])([2H])OC1(C)CC(CC(C)C)C1.[2H]C([2H])([2H])OC1CC(CC(C)C)C1. The van der Waals surface area contributed by atoms with Gasteiger partial charge in [-0.1, -0.05) is 159 Å². The highest BCUT2D eigenvalue weighted by molar-refractivity contribution is 7.98. The minimum absolute atomic E-state index is 0.0174. The lowest BCUT2D eigenvalue weighted by Crippen LogP contribution is -2.43. The molecule has 13 heteroatoms. The summed E-state index contributed by atoms with van der Waals surface area (Å²) in [7, 11) is -7.81. The zero-order chi connectivity index (χ0) is 78.9. The molecule has 0 N–H and O–H groups in total. The Morgan fingerprint density at radius 3 is 1.27 bits per heavy atom. The summed E-state index contributed by atoms with van der Waals surface area (Å²) < 4.78 is 111. The van der Waals surface area contributed by atoms with Crippen molar-refractivity contribution in [2.75, 3.05) is 110 Å². The highest BCUT2D eigenvalue weighted by Crippen LogP contribution is 2.49. The Hall–Kier alpha value is 0.170. The van der Waals surface area contributed by atoms with Gasteiger partial charge in [0.2, 0.25) is 0 Å². The van der Waals surface area contributed by atoms with Gasteiger partial charge in [0.15, 0.2) is 0 Å². The van der Waals surface area contributed by atoms with Crippen molar-refractivity contribution in [1.29, 1.82) is 0 Å². The first-order valence-corrected chi connectivity index (χ1v) is 44.1. The third-order valence-electron chi connectivity index (χ3n) is 19.5. The Morgan fingerprint density at radius 2 is 0.948 bits per heavy atom. The average molecular weight is 1430 g/mol. The molecule has 3 atom stereocenters. The summed E-state index contributed by atoms with van der Waals surface area (Å²) in [4.78, 5) is 0. The fraction of sp³-hybridized carbons (Fsp3) is 1.00. The van der Waals surface area contributed by atoms with E-state index in [1.807, 2.05) is 39.5 Å². The predicted octanol–water partition coefficient (Wildman–Crippen LogP) is 22.6. The number of sulfone groups is 1. The molecule has 0 aromatic carbocycles. The lowest BCUT2D eigenvalue weighted by Gasteiger charge is -2.45. The van der Waals surface area contributed by atoms with Gasteiger partial charge in [0.05, 0.1) is 31.3 Å². The standard InChI is InChI=1S/C11H20O.C10H20O.2C9H18O.2C8H16O.C7H16O2S.C7H16OS.C7H14O.C7H16S/c1-9(2)6-10-7-11(8-10)4-3-5-12-11;1-8(2)5-9-6-10(3,7-9)11-4;1-7(2)4-8-5-9(6-8)10-3;1-8(2)7-9-3-5-10-6-4-9;1-7(2)8-3-5-9-6-4-8;1-7(2)5-8-3-4-9-6-8;1-7(2,3)5-6-10(4,8)9;1-7(2,3)5-6-9(4)8;1-6(2)7-3-4-8-5-7;1-7(2,3)5-6-8-4/h9-10H,3-8H2,1-2H3;8-9H,5-7H2,1-4H3;7-9H,4-6H2,1-3H3;8-9H,3-7H2,1-2H3;2*7-8H,3-6H2,1-2H3;5-6H2,1-4H3;5-6H2,1-4H3;6-7H,3-5H2,1-2H3;5-6H2,1-4H3/i;4D3;3D3;;;;;;;. The maximum absolute atomic E-state index is 10.7. The van der Waals surface area contributed by atoms with Crippen LogP contribution in [0, 0.1) is 99.1 Å². The van der Waals surface area contributed by atoms with Crippen molar-refractivity contribution < 1.29 is 54.0 Å². The second kappa shape index (κ2) is 53.0. The molecule has 0 radical (unpaired) electrons. The molecule has 10 nitrogen and oxygen atoms in total. The van der Waals surface area contributed by atoms with Crippen LogP contribution < -0.4 is 0 Å². The van der Waals surface area contributed by atoms with Gasteiger partial charge in [-0.15, -0.1) is 0 Å². The molecular formula is C83H170O10S3. The Kier molecular flexibility index (Phi) is 47.9. The van der Waals surface area contributed by atoms with E-state index in [1.165, 1.54) is 115 Å². The molecule has 3 saturated carbocycles. The number of methoxy groups -OCH3 is 2. The predicted molar refractivity (Wildman–Crippen MR) is 423 cm³/mol. The van der Waals surface area contributed by atoms with Crippen LogP contribution in [-0.4, -0.2) is 139 Å². The molecule has 5 heterocycles. The van der Waals surface area contributed by atoms with Crippen molar-refractivity contribution >= 4 is 32.4 Å². The van der Waals surface area contributed by atoms with Crippen LogP contribution in [-0.2, 0) is 53.8 Å². The van der Waals surface area contributed by atoms with Crippen molar-refractivity contribution in [2.24, 2.45) is 99.1 Å². The molecule has 580 valence electrons. The monoisotopic (exact) mass is 1430 g/mol. The molecule has 0 amide bonds. The van der Waals surface area contributed by atoms with Crippen LogP contribution in [0.1, 0.15) is 316 Å². The molecule has 1 spiro atoms. The van der Waals surface area contributed by atoms with E-state index >= 15 is 0 Å². The van der Waals surface area contributed by atoms with Crippen LogP contribution >= 0.6 is 11.8 Å². The van der Waals surface area contributed by atoms with Gasteiger partial charge in [-0.25, -0.2) is 8.42 Å². The van der Waals surface area contributed by atoms with Gasteiger partial charge in [-0.05, 0) is 259 Å². The second-order valence-electron chi connectivity index (χ2n) is 37.1. The van der Waals surface area contributed by atoms with Crippen LogP contribution in [0.3, 0.4) is 0 Å². The Morgan fingerprint density at radius 1 is 0.531 bits per heavy atom. The molecule has 3 unspecified atom stereocenters. The summed E-state index contributed by atoms with van der Waals surface area (Å²) in [5.74, 6) is 14.0. The average Bonchev–Trinajstić information content (AvgIpc) is 1.44. The summed E-state index contributed by atoms with van der Waals surface area (Å²) in [5.41, 5.74) is 0.974. The molecule has 0 bridgehead atoms. The summed E-state index contributed by atoms with van der Waals surface area (Å²) in [6.45, 7) is 62.1. The van der Waals surface area contributed by atoms with Gasteiger partial charge in [-0.2, -0.15) is 11.8 Å². The third-order valence-corrected chi connectivity index (χ3v) is 21.8. The Labute approximate surface area is 616 Å². The topological polar surface area (TPSA) is 116 Å². The van der Waals surface area contributed by atoms with Crippen LogP contribution in [0.15, 0.2) is 0 Å². The Balaban J connectivity index is 0. The first-order valence-electron chi connectivity index (χ1n) is 41.9. The highest BCUT2D eigenvalue weighted by Gasteiger charge is 2.47. The smallest absolute Gasteiger partial charge is 0.147 e. The summed E-state index contributed by atoms with van der Waals surface area (Å²) >= 11 is 1.93. The van der Waals surface area contributed by atoms with Gasteiger partial charge in [0.25, 0.3) is 0 Å². The van der Waals surface area contributed by atoms with Crippen molar-refractivity contribution in [3.8, 4) is 0 Å². The molecule has 96 heavy (non-hydrogen) atoms. The fourth-order valence-corrected chi connectivity index (χ4v) is 16.2. The van der Waals surface area contributed by atoms with E-state index in [1.54, 1.807) is 6.26 Å². The number of thioether (sulfide) groups is 1. The summed E-state index contributed by atoms with van der Waals surface area (Å²) in [5, 5.41) is 0. The number of ether oxygens (including phenoxy) is 7. The normalized spacial score (nSPS) is 27.3. The molecular weight excluding hydrogens is 1250 g/mol. The maximum atomic E-state index is 10.7. The number of rotatable bonds is 20. The lowest BCUT2D eigenvalue weighted by atomic mass is 9.67. The van der Waals surface area contributed by atoms with Crippen LogP contribution in [0.2, 0.25) is 0 Å². The molecule has 8 aliphatic rings. The fourth-order valence-electron chi connectivity index (χ4n) is 13.5. The third kappa shape index (κ3) is 58.5. The van der Waals surface area contributed by atoms with E-state index in [9.17, 15) is 12.6 Å². The summed E-state index contributed by atoms with van der Waals surface area (Å²) in [6, 6.07) is 0. The minimum atomic E-state index is -2.76. The molecule has 8 fully saturated rings. The summed E-state index contributed by atoms with van der Waals surface area (Å²) in [6.07, 6.45) is 31.5. The quantitative estimate of drug-likeness (QED) is 0.116. The molecule has 0 aromatic heterocycles. The number of hydrogen-bond acceptors (Lipinski definition) is 11. The van der Waals surface area contributed by atoms with Crippen molar-refractivity contribution in [3.63, 3.8) is 0 Å². The first-order chi connectivity index (χ1) is 46.6. The van der Waals surface area contributed by atoms with E-state index in [4.69, 9.17) is 41.4 Å². The van der Waals surface area contributed by atoms with Gasteiger partial charge < -0.3 is 33.2 Å². The van der Waals surface area contributed by atoms with Crippen molar-refractivity contribution in [3.05, 3.63) is 0 Å². The molecule has 5 aliphatic heterocycles. The van der Waals surface area contributed by atoms with E-state index in [0.717, 1.165) is 163 Å². The second-order valence-corrected chi connectivity index (χ2v) is 41.9.